The van der Waals surface area contributed by atoms with E-state index in [0.717, 1.165) is 25.9 Å². The fraction of sp³-hybridized carbons (Fsp3) is 0.900. The Morgan fingerprint density at radius 3 is 2.93 bits per heavy atom. The van der Waals surface area contributed by atoms with E-state index in [1.54, 1.807) is 6.92 Å². The standard InChI is InChI=1S/C10H20N2O2/c1-8(6-13)12-9(14)10(2)4-3-5-11-7-10/h8,11,13H,3-7H2,1-2H3,(H,12,14). The summed E-state index contributed by atoms with van der Waals surface area (Å²) in [5.41, 5.74) is -0.304. The highest BCUT2D eigenvalue weighted by atomic mass is 16.3. The zero-order valence-electron chi connectivity index (χ0n) is 8.97. The quantitative estimate of drug-likeness (QED) is 0.595. The van der Waals surface area contributed by atoms with Gasteiger partial charge in [0.25, 0.3) is 0 Å². The van der Waals surface area contributed by atoms with E-state index in [1.807, 2.05) is 6.92 Å². The second-order valence-corrected chi connectivity index (χ2v) is 4.40. The summed E-state index contributed by atoms with van der Waals surface area (Å²) in [4.78, 5) is 11.8. The van der Waals surface area contributed by atoms with E-state index < -0.39 is 0 Å². The summed E-state index contributed by atoms with van der Waals surface area (Å²) >= 11 is 0. The number of nitrogens with one attached hydrogen (secondary N) is 2. The Morgan fingerprint density at radius 2 is 2.43 bits per heavy atom. The van der Waals surface area contributed by atoms with Gasteiger partial charge in [-0.15, -0.1) is 0 Å². The highest BCUT2D eigenvalue weighted by Gasteiger charge is 2.34. The van der Waals surface area contributed by atoms with E-state index in [0.29, 0.717) is 0 Å². The number of rotatable bonds is 3. The van der Waals surface area contributed by atoms with Crippen molar-refractivity contribution >= 4 is 5.91 Å². The van der Waals surface area contributed by atoms with Crippen LogP contribution in [0.4, 0.5) is 0 Å². The van der Waals surface area contributed by atoms with Crippen LogP contribution in [0.1, 0.15) is 26.7 Å². The maximum absolute atomic E-state index is 11.8. The summed E-state index contributed by atoms with van der Waals surface area (Å²) in [7, 11) is 0. The average molecular weight is 200 g/mol. The van der Waals surface area contributed by atoms with Crippen molar-refractivity contribution in [1.82, 2.24) is 10.6 Å². The zero-order chi connectivity index (χ0) is 10.6. The molecule has 4 nitrogen and oxygen atoms in total. The molecular formula is C10H20N2O2. The van der Waals surface area contributed by atoms with Gasteiger partial charge in [0.05, 0.1) is 12.0 Å². The fourth-order valence-corrected chi connectivity index (χ4v) is 1.69. The lowest BCUT2D eigenvalue weighted by atomic mass is 9.82. The SMILES string of the molecule is CC(CO)NC(=O)C1(C)CCCNC1. The smallest absolute Gasteiger partial charge is 0.227 e. The first-order chi connectivity index (χ1) is 6.58. The molecule has 1 amide bonds. The molecule has 1 fully saturated rings. The Bertz CT molecular complexity index is 200. The molecule has 0 bridgehead atoms. The normalized spacial score (nSPS) is 29.6. The van der Waals surface area contributed by atoms with Gasteiger partial charge in [-0.05, 0) is 33.2 Å². The number of aliphatic hydroxyl groups is 1. The van der Waals surface area contributed by atoms with E-state index in [1.165, 1.54) is 0 Å². The van der Waals surface area contributed by atoms with Gasteiger partial charge in [0.15, 0.2) is 0 Å². The minimum Gasteiger partial charge on any atom is -0.394 e. The maximum Gasteiger partial charge on any atom is 0.227 e. The first kappa shape index (κ1) is 11.5. The van der Waals surface area contributed by atoms with Crippen molar-refractivity contribution in [2.75, 3.05) is 19.7 Å². The Morgan fingerprint density at radius 1 is 1.71 bits per heavy atom. The highest BCUT2D eigenvalue weighted by Crippen LogP contribution is 2.25. The lowest BCUT2D eigenvalue weighted by Gasteiger charge is -2.33. The van der Waals surface area contributed by atoms with Gasteiger partial charge in [-0.1, -0.05) is 0 Å². The molecule has 4 heteroatoms. The van der Waals surface area contributed by atoms with Crippen LogP contribution in [0, 0.1) is 5.41 Å². The Kier molecular flexibility index (Phi) is 3.89. The summed E-state index contributed by atoms with van der Waals surface area (Å²) in [5, 5.41) is 14.9. The van der Waals surface area contributed by atoms with Gasteiger partial charge in [0.2, 0.25) is 5.91 Å². The van der Waals surface area contributed by atoms with Crippen molar-refractivity contribution in [2.45, 2.75) is 32.7 Å². The van der Waals surface area contributed by atoms with Crippen LogP contribution >= 0.6 is 0 Å². The molecule has 0 aromatic rings. The number of aliphatic hydroxyl groups excluding tert-OH is 1. The van der Waals surface area contributed by atoms with Crippen LogP contribution in [0.5, 0.6) is 0 Å². The third kappa shape index (κ3) is 2.69. The second kappa shape index (κ2) is 4.75. The Balaban J connectivity index is 2.49. The molecule has 1 aliphatic rings. The molecule has 1 rings (SSSR count). The van der Waals surface area contributed by atoms with Crippen LogP contribution < -0.4 is 10.6 Å². The average Bonchev–Trinajstić information content (AvgIpc) is 2.18. The molecule has 0 spiro atoms. The monoisotopic (exact) mass is 200 g/mol. The molecule has 1 heterocycles. The van der Waals surface area contributed by atoms with Gasteiger partial charge in [-0.2, -0.15) is 0 Å². The van der Waals surface area contributed by atoms with Gasteiger partial charge >= 0.3 is 0 Å². The van der Waals surface area contributed by atoms with Crippen molar-refractivity contribution in [3.8, 4) is 0 Å². The van der Waals surface area contributed by atoms with E-state index in [4.69, 9.17) is 5.11 Å². The maximum atomic E-state index is 11.8. The molecule has 0 aromatic carbocycles. The van der Waals surface area contributed by atoms with Crippen molar-refractivity contribution in [2.24, 2.45) is 5.41 Å². The zero-order valence-corrected chi connectivity index (χ0v) is 8.97. The number of amides is 1. The van der Waals surface area contributed by atoms with Crippen LogP contribution in [-0.2, 0) is 4.79 Å². The minimum atomic E-state index is -0.304. The number of hydrogen-bond donors (Lipinski definition) is 3. The molecular weight excluding hydrogens is 180 g/mol. The Hall–Kier alpha value is -0.610. The first-order valence-corrected chi connectivity index (χ1v) is 5.21. The Labute approximate surface area is 85.1 Å². The number of carbonyl (C=O) groups is 1. The number of piperidine rings is 1. The molecule has 1 aliphatic heterocycles. The van der Waals surface area contributed by atoms with Crippen molar-refractivity contribution < 1.29 is 9.90 Å². The summed E-state index contributed by atoms with van der Waals surface area (Å²) in [6, 6.07) is -0.152. The molecule has 2 atom stereocenters. The van der Waals surface area contributed by atoms with Crippen LogP contribution in [0.3, 0.4) is 0 Å². The van der Waals surface area contributed by atoms with Crippen LogP contribution in [0.15, 0.2) is 0 Å². The number of carbonyl (C=O) groups excluding carboxylic acids is 1. The third-order valence-corrected chi connectivity index (χ3v) is 2.80. The van der Waals surface area contributed by atoms with Gasteiger partial charge in [0.1, 0.15) is 0 Å². The van der Waals surface area contributed by atoms with Crippen molar-refractivity contribution in [1.29, 1.82) is 0 Å². The summed E-state index contributed by atoms with van der Waals surface area (Å²) in [5.74, 6) is 0.0475. The van der Waals surface area contributed by atoms with Crippen molar-refractivity contribution in [3.63, 3.8) is 0 Å². The van der Waals surface area contributed by atoms with E-state index in [9.17, 15) is 4.79 Å². The fourth-order valence-electron chi connectivity index (χ4n) is 1.69. The lowest BCUT2D eigenvalue weighted by molar-refractivity contribution is -0.132. The largest absolute Gasteiger partial charge is 0.394 e. The van der Waals surface area contributed by atoms with Gasteiger partial charge in [-0.3, -0.25) is 4.79 Å². The minimum absolute atomic E-state index is 0.00471. The van der Waals surface area contributed by atoms with Gasteiger partial charge in [0, 0.05) is 12.6 Å². The lowest BCUT2D eigenvalue weighted by Crippen LogP contribution is -2.51. The van der Waals surface area contributed by atoms with Crippen LogP contribution in [-0.4, -0.2) is 36.8 Å². The van der Waals surface area contributed by atoms with Crippen LogP contribution in [0.2, 0.25) is 0 Å². The third-order valence-electron chi connectivity index (χ3n) is 2.80. The molecule has 0 aliphatic carbocycles. The summed E-state index contributed by atoms with van der Waals surface area (Å²) in [6.07, 6.45) is 1.96. The van der Waals surface area contributed by atoms with E-state index >= 15 is 0 Å². The van der Waals surface area contributed by atoms with Crippen LogP contribution in [0.25, 0.3) is 0 Å². The van der Waals surface area contributed by atoms with Gasteiger partial charge in [-0.25, -0.2) is 0 Å². The molecule has 0 radical (unpaired) electrons. The summed E-state index contributed by atoms with van der Waals surface area (Å²) < 4.78 is 0. The molecule has 14 heavy (non-hydrogen) atoms. The molecule has 0 saturated carbocycles. The van der Waals surface area contributed by atoms with Crippen molar-refractivity contribution in [3.05, 3.63) is 0 Å². The molecule has 0 aromatic heterocycles. The van der Waals surface area contributed by atoms with Gasteiger partial charge < -0.3 is 15.7 Å². The highest BCUT2D eigenvalue weighted by molar-refractivity contribution is 5.82. The molecule has 1 saturated heterocycles. The predicted molar refractivity (Wildman–Crippen MR) is 54.9 cm³/mol. The summed E-state index contributed by atoms with van der Waals surface area (Å²) in [6.45, 7) is 5.50. The molecule has 2 unspecified atom stereocenters. The first-order valence-electron chi connectivity index (χ1n) is 5.21. The predicted octanol–water partition coefficient (Wildman–Crippen LogP) is -0.127. The van der Waals surface area contributed by atoms with E-state index in [2.05, 4.69) is 10.6 Å². The molecule has 3 N–H and O–H groups in total. The molecule has 82 valence electrons. The van der Waals surface area contributed by atoms with E-state index in [-0.39, 0.29) is 24.0 Å². The topological polar surface area (TPSA) is 61.4 Å². The second-order valence-electron chi connectivity index (χ2n) is 4.40. The number of hydrogen-bond acceptors (Lipinski definition) is 3.